The molecule has 0 amide bonds. The second-order valence-corrected chi connectivity index (χ2v) is 6.00. The van der Waals surface area contributed by atoms with Crippen LogP contribution in [0.25, 0.3) is 0 Å². The Balaban J connectivity index is 1.76. The average Bonchev–Trinajstić information content (AvgIpc) is 2.46. The summed E-state index contributed by atoms with van der Waals surface area (Å²) < 4.78 is 0. The molecule has 0 aromatic rings. The van der Waals surface area contributed by atoms with Gasteiger partial charge in [0, 0.05) is 0 Å². The molecule has 19 heavy (non-hydrogen) atoms. The van der Waals surface area contributed by atoms with E-state index in [9.17, 15) is 5.11 Å². The molecule has 0 radical (unpaired) electrons. The highest BCUT2D eigenvalue weighted by Crippen LogP contribution is 2.12. The monoisotopic (exact) mass is 271 g/mol. The molecule has 0 saturated carbocycles. The molecule has 1 aliphatic rings. The van der Waals surface area contributed by atoms with Gasteiger partial charge in [-0.3, -0.25) is 0 Å². The largest absolute Gasteiger partial charge is 0.394 e. The number of unbranched alkanes of at least 4 members (excludes halogenated alkanes) is 6. The third-order valence-electron chi connectivity index (χ3n) is 4.17. The molecule has 3 heteroatoms. The van der Waals surface area contributed by atoms with E-state index in [1.165, 1.54) is 77.4 Å². The predicted molar refractivity (Wildman–Crippen MR) is 80.3 cm³/mol. The minimum absolute atomic E-state index is 0.0868. The van der Waals surface area contributed by atoms with Crippen LogP contribution in [0, 0.1) is 0 Å². The Bertz CT molecular complexity index is 193. The maximum atomic E-state index is 9.20. The summed E-state index contributed by atoms with van der Waals surface area (Å²) >= 11 is 0. The summed E-state index contributed by atoms with van der Waals surface area (Å²) in [7, 11) is 0. The lowest BCUT2D eigenvalue weighted by molar-refractivity contribution is 0.0860. The van der Waals surface area contributed by atoms with Crippen molar-refractivity contribution in [3.05, 3.63) is 0 Å². The average molecular weight is 271 g/mol. The van der Waals surface area contributed by atoms with Gasteiger partial charge in [0.15, 0.2) is 0 Å². The van der Waals surface area contributed by atoms with Gasteiger partial charge in [-0.1, -0.05) is 44.9 Å². The molecule has 0 spiro atoms. The molecule has 0 bridgehead atoms. The fourth-order valence-electron chi connectivity index (χ4n) is 2.87. The van der Waals surface area contributed by atoms with Crippen LogP contribution >= 0.6 is 0 Å². The Kier molecular flexibility index (Phi) is 10.4. The third kappa shape index (κ3) is 9.42. The van der Waals surface area contributed by atoms with Crippen molar-refractivity contribution in [2.75, 3.05) is 26.2 Å². The normalized spacial score (nSPS) is 18.6. The number of aliphatic hydroxyl groups is 2. The number of nitrogens with zero attached hydrogens (tertiary/aromatic N) is 1. The molecule has 114 valence electrons. The molecule has 1 aliphatic heterocycles. The third-order valence-corrected chi connectivity index (χ3v) is 4.17. The van der Waals surface area contributed by atoms with Gasteiger partial charge in [-0.05, 0) is 45.3 Å². The van der Waals surface area contributed by atoms with Crippen LogP contribution in [0.3, 0.4) is 0 Å². The van der Waals surface area contributed by atoms with Gasteiger partial charge < -0.3 is 15.1 Å². The number of hydrogen-bond donors (Lipinski definition) is 2. The quantitative estimate of drug-likeness (QED) is 0.568. The standard InChI is InChI=1S/C16H33NO2/c18-15-16(19)11-7-4-2-1-3-5-8-12-17-13-9-6-10-14-17/h16,18-19H,1-15H2. The van der Waals surface area contributed by atoms with Gasteiger partial charge in [0.2, 0.25) is 0 Å². The van der Waals surface area contributed by atoms with Crippen LogP contribution in [0.5, 0.6) is 0 Å². The predicted octanol–water partition coefficient (Wildman–Crippen LogP) is 2.95. The first-order valence-corrected chi connectivity index (χ1v) is 8.34. The van der Waals surface area contributed by atoms with E-state index >= 15 is 0 Å². The fraction of sp³-hybridized carbons (Fsp3) is 1.00. The Hall–Kier alpha value is -0.120. The zero-order valence-electron chi connectivity index (χ0n) is 12.5. The highest BCUT2D eigenvalue weighted by atomic mass is 16.3. The van der Waals surface area contributed by atoms with Crippen molar-refractivity contribution in [3.8, 4) is 0 Å². The Morgan fingerprint density at radius 1 is 0.789 bits per heavy atom. The van der Waals surface area contributed by atoms with Gasteiger partial charge in [0.25, 0.3) is 0 Å². The van der Waals surface area contributed by atoms with Gasteiger partial charge in [-0.25, -0.2) is 0 Å². The first kappa shape index (κ1) is 16.9. The van der Waals surface area contributed by atoms with Crippen molar-refractivity contribution < 1.29 is 10.2 Å². The molecular formula is C16H33NO2. The van der Waals surface area contributed by atoms with E-state index in [0.29, 0.717) is 0 Å². The van der Waals surface area contributed by atoms with Crippen molar-refractivity contribution in [1.29, 1.82) is 0 Å². The summed E-state index contributed by atoms with van der Waals surface area (Å²) in [5.74, 6) is 0. The van der Waals surface area contributed by atoms with Crippen molar-refractivity contribution >= 4 is 0 Å². The lowest BCUT2D eigenvalue weighted by Crippen LogP contribution is -2.30. The maximum absolute atomic E-state index is 9.20. The van der Waals surface area contributed by atoms with E-state index in [1.54, 1.807) is 0 Å². The zero-order chi connectivity index (χ0) is 13.8. The minimum atomic E-state index is -0.496. The highest BCUT2D eigenvalue weighted by Gasteiger charge is 2.08. The van der Waals surface area contributed by atoms with E-state index in [0.717, 1.165) is 12.8 Å². The number of hydrogen-bond acceptors (Lipinski definition) is 3. The molecular weight excluding hydrogens is 238 g/mol. The van der Waals surface area contributed by atoms with E-state index < -0.39 is 6.10 Å². The first-order valence-electron chi connectivity index (χ1n) is 8.34. The fourth-order valence-corrected chi connectivity index (χ4v) is 2.87. The van der Waals surface area contributed by atoms with Crippen LogP contribution in [-0.4, -0.2) is 47.5 Å². The number of rotatable bonds is 11. The molecule has 1 rings (SSSR count). The zero-order valence-corrected chi connectivity index (χ0v) is 12.5. The maximum Gasteiger partial charge on any atom is 0.0770 e. The van der Waals surface area contributed by atoms with Gasteiger partial charge in [0.1, 0.15) is 0 Å². The molecule has 1 saturated heterocycles. The first-order chi connectivity index (χ1) is 9.33. The van der Waals surface area contributed by atoms with E-state index in [4.69, 9.17) is 5.11 Å². The number of piperidine rings is 1. The molecule has 0 aromatic carbocycles. The van der Waals surface area contributed by atoms with Gasteiger partial charge in [0.05, 0.1) is 12.7 Å². The van der Waals surface area contributed by atoms with Crippen molar-refractivity contribution in [2.45, 2.75) is 76.7 Å². The van der Waals surface area contributed by atoms with Crippen LogP contribution in [-0.2, 0) is 0 Å². The molecule has 1 heterocycles. The lowest BCUT2D eigenvalue weighted by Gasteiger charge is -2.26. The molecule has 1 fully saturated rings. The van der Waals surface area contributed by atoms with Crippen LogP contribution in [0.15, 0.2) is 0 Å². The summed E-state index contributed by atoms with van der Waals surface area (Å²) in [6.07, 6.45) is 13.4. The van der Waals surface area contributed by atoms with Gasteiger partial charge in [-0.2, -0.15) is 0 Å². The van der Waals surface area contributed by atoms with Gasteiger partial charge in [-0.15, -0.1) is 0 Å². The van der Waals surface area contributed by atoms with Crippen LogP contribution < -0.4 is 0 Å². The van der Waals surface area contributed by atoms with E-state index in [1.807, 2.05) is 0 Å². The molecule has 1 atom stereocenters. The van der Waals surface area contributed by atoms with Crippen molar-refractivity contribution in [1.82, 2.24) is 4.90 Å². The summed E-state index contributed by atoms with van der Waals surface area (Å²) in [5.41, 5.74) is 0. The topological polar surface area (TPSA) is 43.7 Å². The summed E-state index contributed by atoms with van der Waals surface area (Å²) in [6, 6.07) is 0. The molecule has 0 aromatic heterocycles. The summed E-state index contributed by atoms with van der Waals surface area (Å²) in [4.78, 5) is 2.62. The SMILES string of the molecule is OCC(O)CCCCCCCCCN1CCCCC1. The van der Waals surface area contributed by atoms with E-state index in [2.05, 4.69) is 4.90 Å². The molecule has 1 unspecified atom stereocenters. The van der Waals surface area contributed by atoms with Crippen LogP contribution in [0.4, 0.5) is 0 Å². The van der Waals surface area contributed by atoms with Crippen molar-refractivity contribution in [3.63, 3.8) is 0 Å². The Morgan fingerprint density at radius 2 is 1.37 bits per heavy atom. The molecule has 3 nitrogen and oxygen atoms in total. The van der Waals surface area contributed by atoms with Crippen LogP contribution in [0.2, 0.25) is 0 Å². The Morgan fingerprint density at radius 3 is 2.00 bits per heavy atom. The van der Waals surface area contributed by atoms with Gasteiger partial charge >= 0.3 is 0 Å². The molecule has 0 aliphatic carbocycles. The number of likely N-dealkylation sites (tertiary alicyclic amines) is 1. The van der Waals surface area contributed by atoms with Crippen molar-refractivity contribution in [2.24, 2.45) is 0 Å². The molecule has 2 N–H and O–H groups in total. The number of aliphatic hydroxyl groups excluding tert-OH is 2. The van der Waals surface area contributed by atoms with E-state index in [-0.39, 0.29) is 6.61 Å². The smallest absolute Gasteiger partial charge is 0.0770 e. The Labute approximate surface area is 119 Å². The summed E-state index contributed by atoms with van der Waals surface area (Å²) in [6.45, 7) is 3.87. The minimum Gasteiger partial charge on any atom is -0.394 e. The second kappa shape index (κ2) is 11.7. The van der Waals surface area contributed by atoms with Crippen LogP contribution in [0.1, 0.15) is 70.6 Å². The summed E-state index contributed by atoms with van der Waals surface area (Å²) in [5, 5.41) is 17.9. The lowest BCUT2D eigenvalue weighted by atomic mass is 10.1. The highest BCUT2D eigenvalue weighted by molar-refractivity contribution is 4.64. The second-order valence-electron chi connectivity index (χ2n) is 6.00.